The normalized spacial score (nSPS) is 15.4. The predicted octanol–water partition coefficient (Wildman–Crippen LogP) is 3.25. The van der Waals surface area contributed by atoms with E-state index in [1.165, 1.54) is 37.4 Å². The number of aryl methyl sites for hydroxylation is 1. The first-order chi connectivity index (χ1) is 11.1. The van der Waals surface area contributed by atoms with Gasteiger partial charge in [0.1, 0.15) is 6.33 Å². The van der Waals surface area contributed by atoms with Crippen LogP contribution in [0.1, 0.15) is 25.7 Å². The molecule has 3 rings (SSSR count). The molecule has 8 heteroatoms. The second-order valence-electron chi connectivity index (χ2n) is 5.64. The van der Waals surface area contributed by atoms with Crippen LogP contribution in [0, 0.1) is 10.1 Å². The zero-order valence-corrected chi connectivity index (χ0v) is 13.8. The Balaban J connectivity index is 1.92. The Morgan fingerprint density at radius 3 is 2.57 bits per heavy atom. The summed E-state index contributed by atoms with van der Waals surface area (Å²) in [7, 11) is 1.83. The Morgan fingerprint density at radius 2 is 1.96 bits per heavy atom. The number of nitro benzene ring substituents is 1. The molecule has 1 fully saturated rings. The van der Waals surface area contributed by atoms with Crippen LogP contribution in [0.5, 0.6) is 0 Å². The number of anilines is 1. The maximum atomic E-state index is 11.3. The molecule has 1 aromatic heterocycles. The Kier molecular flexibility index (Phi) is 4.80. The number of nitro groups is 1. The van der Waals surface area contributed by atoms with Crippen LogP contribution < -0.4 is 4.90 Å². The van der Waals surface area contributed by atoms with E-state index >= 15 is 0 Å². The fourth-order valence-electron chi connectivity index (χ4n) is 2.72. The molecule has 0 saturated carbocycles. The Bertz CT molecular complexity index is 695. The van der Waals surface area contributed by atoms with Gasteiger partial charge in [0.2, 0.25) is 0 Å². The molecule has 0 spiro atoms. The van der Waals surface area contributed by atoms with Gasteiger partial charge in [-0.2, -0.15) is 0 Å². The molecule has 0 aliphatic carbocycles. The molecule has 0 bridgehead atoms. The summed E-state index contributed by atoms with van der Waals surface area (Å²) in [6.07, 6.45) is 6.44. The highest BCUT2D eigenvalue weighted by Gasteiger charge is 2.20. The second-order valence-corrected chi connectivity index (χ2v) is 6.65. The van der Waals surface area contributed by atoms with Gasteiger partial charge in [0, 0.05) is 31.9 Å². The van der Waals surface area contributed by atoms with Gasteiger partial charge < -0.3 is 9.47 Å². The zero-order chi connectivity index (χ0) is 16.2. The lowest BCUT2D eigenvalue weighted by Gasteiger charge is -2.23. The minimum atomic E-state index is -0.342. The van der Waals surface area contributed by atoms with Crippen LogP contribution in [0.15, 0.2) is 34.6 Å². The number of hydrogen-bond donors (Lipinski definition) is 0. The molecule has 1 aromatic carbocycles. The van der Waals surface area contributed by atoms with E-state index in [9.17, 15) is 10.1 Å². The van der Waals surface area contributed by atoms with Gasteiger partial charge in [-0.15, -0.1) is 10.2 Å². The molecule has 2 heterocycles. The molecule has 1 saturated heterocycles. The first-order valence-corrected chi connectivity index (χ1v) is 8.52. The van der Waals surface area contributed by atoms with Crippen LogP contribution in [-0.4, -0.2) is 32.8 Å². The number of benzene rings is 1. The number of nitrogens with zero attached hydrogens (tertiary/aromatic N) is 5. The number of hydrogen-bond acceptors (Lipinski definition) is 6. The average Bonchev–Trinajstić information content (AvgIpc) is 2.79. The lowest BCUT2D eigenvalue weighted by atomic mass is 10.2. The summed E-state index contributed by atoms with van der Waals surface area (Å²) in [5.41, 5.74) is 1.15. The van der Waals surface area contributed by atoms with Gasteiger partial charge in [-0.05, 0) is 36.7 Å². The van der Waals surface area contributed by atoms with Gasteiger partial charge in [0.25, 0.3) is 5.69 Å². The van der Waals surface area contributed by atoms with Gasteiger partial charge >= 0.3 is 0 Å². The molecule has 0 N–H and O–H groups in total. The smallest absolute Gasteiger partial charge is 0.283 e. The van der Waals surface area contributed by atoms with Crippen molar-refractivity contribution in [3.8, 4) is 0 Å². The largest absolute Gasteiger partial charge is 0.371 e. The van der Waals surface area contributed by atoms with E-state index in [0.717, 1.165) is 18.8 Å². The molecule has 122 valence electrons. The standard InChI is InChI=1S/C15H19N5O2S/c1-18-11-16-17-15(18)23-14-10-12(6-7-13(14)20(21)22)19-8-4-2-3-5-9-19/h6-7,10-11H,2-5,8-9H2,1H3. The van der Waals surface area contributed by atoms with Crippen LogP contribution in [0.25, 0.3) is 0 Å². The van der Waals surface area contributed by atoms with Crippen molar-refractivity contribution >= 4 is 23.1 Å². The highest BCUT2D eigenvalue weighted by Crippen LogP contribution is 2.36. The molecule has 1 aliphatic heterocycles. The van der Waals surface area contributed by atoms with Crippen LogP contribution in [0.3, 0.4) is 0 Å². The van der Waals surface area contributed by atoms with Crippen LogP contribution in [-0.2, 0) is 7.05 Å². The molecular formula is C15H19N5O2S. The third-order valence-corrected chi connectivity index (χ3v) is 5.08. The molecule has 2 aromatic rings. The zero-order valence-electron chi connectivity index (χ0n) is 13.0. The fraction of sp³-hybridized carbons (Fsp3) is 0.467. The van der Waals surface area contributed by atoms with Gasteiger partial charge in [0.05, 0.1) is 9.82 Å². The minimum absolute atomic E-state index is 0.108. The summed E-state index contributed by atoms with van der Waals surface area (Å²) in [6, 6.07) is 5.35. The molecule has 0 atom stereocenters. The minimum Gasteiger partial charge on any atom is -0.371 e. The summed E-state index contributed by atoms with van der Waals surface area (Å²) in [6.45, 7) is 2.01. The Labute approximate surface area is 138 Å². The summed E-state index contributed by atoms with van der Waals surface area (Å²) in [5.74, 6) is 0. The lowest BCUT2D eigenvalue weighted by Crippen LogP contribution is -2.23. The molecule has 7 nitrogen and oxygen atoms in total. The monoisotopic (exact) mass is 333 g/mol. The van der Waals surface area contributed by atoms with Crippen LogP contribution in [0.2, 0.25) is 0 Å². The Hall–Kier alpha value is -2.09. The van der Waals surface area contributed by atoms with Gasteiger partial charge in [-0.25, -0.2) is 0 Å². The van der Waals surface area contributed by atoms with Crippen molar-refractivity contribution in [2.75, 3.05) is 18.0 Å². The topological polar surface area (TPSA) is 77.1 Å². The van der Waals surface area contributed by atoms with Crippen molar-refractivity contribution in [2.45, 2.75) is 35.7 Å². The van der Waals surface area contributed by atoms with Gasteiger partial charge in [0.15, 0.2) is 5.16 Å². The molecule has 23 heavy (non-hydrogen) atoms. The third kappa shape index (κ3) is 3.64. The Morgan fingerprint density at radius 1 is 1.22 bits per heavy atom. The lowest BCUT2D eigenvalue weighted by molar-refractivity contribution is -0.387. The second kappa shape index (κ2) is 6.99. The molecule has 0 radical (unpaired) electrons. The number of aromatic nitrogens is 3. The van der Waals surface area contributed by atoms with Crippen LogP contribution in [0.4, 0.5) is 11.4 Å². The number of rotatable bonds is 4. The van der Waals surface area contributed by atoms with E-state index in [-0.39, 0.29) is 10.6 Å². The fourth-order valence-corrected chi connectivity index (χ4v) is 3.63. The van der Waals surface area contributed by atoms with E-state index < -0.39 is 0 Å². The van der Waals surface area contributed by atoms with E-state index in [0.29, 0.717) is 10.1 Å². The quantitative estimate of drug-likeness (QED) is 0.631. The summed E-state index contributed by atoms with van der Waals surface area (Å²) < 4.78 is 1.76. The molecular weight excluding hydrogens is 314 g/mol. The SMILES string of the molecule is Cn1cnnc1Sc1cc(N2CCCCCC2)ccc1[N+](=O)[O-]. The summed E-state index contributed by atoms with van der Waals surface area (Å²) >= 11 is 1.28. The molecule has 0 amide bonds. The van der Waals surface area contributed by atoms with Gasteiger partial charge in [-0.1, -0.05) is 12.8 Å². The van der Waals surface area contributed by atoms with E-state index in [2.05, 4.69) is 15.1 Å². The van der Waals surface area contributed by atoms with Crippen molar-refractivity contribution in [3.05, 3.63) is 34.6 Å². The van der Waals surface area contributed by atoms with Crippen molar-refractivity contribution in [1.29, 1.82) is 0 Å². The van der Waals surface area contributed by atoms with E-state index in [4.69, 9.17) is 0 Å². The average molecular weight is 333 g/mol. The highest BCUT2D eigenvalue weighted by atomic mass is 32.2. The summed E-state index contributed by atoms with van der Waals surface area (Å²) in [5, 5.41) is 19.8. The van der Waals surface area contributed by atoms with Crippen molar-refractivity contribution < 1.29 is 4.92 Å². The van der Waals surface area contributed by atoms with Crippen molar-refractivity contribution in [3.63, 3.8) is 0 Å². The maximum absolute atomic E-state index is 11.3. The van der Waals surface area contributed by atoms with E-state index in [1.807, 2.05) is 19.2 Å². The van der Waals surface area contributed by atoms with Gasteiger partial charge in [-0.3, -0.25) is 10.1 Å². The van der Waals surface area contributed by atoms with Crippen molar-refractivity contribution in [1.82, 2.24) is 14.8 Å². The van der Waals surface area contributed by atoms with Crippen molar-refractivity contribution in [2.24, 2.45) is 7.05 Å². The van der Waals surface area contributed by atoms with Crippen LogP contribution >= 0.6 is 11.8 Å². The molecule has 0 unspecified atom stereocenters. The predicted molar refractivity (Wildman–Crippen MR) is 88.9 cm³/mol. The maximum Gasteiger partial charge on any atom is 0.283 e. The van der Waals surface area contributed by atoms with E-state index in [1.54, 1.807) is 17.0 Å². The third-order valence-electron chi connectivity index (χ3n) is 3.98. The highest BCUT2D eigenvalue weighted by molar-refractivity contribution is 7.99. The summed E-state index contributed by atoms with van der Waals surface area (Å²) in [4.78, 5) is 13.9. The first-order valence-electron chi connectivity index (χ1n) is 7.70. The molecule has 1 aliphatic rings. The first kappa shape index (κ1) is 15.8.